The Hall–Kier alpha value is -0.180. The van der Waals surface area contributed by atoms with Crippen LogP contribution < -0.4 is 5.73 Å². The summed E-state index contributed by atoms with van der Waals surface area (Å²) in [6, 6.07) is 0. The summed E-state index contributed by atoms with van der Waals surface area (Å²) in [6.45, 7) is 0.973. The molecule has 0 saturated heterocycles. The van der Waals surface area contributed by atoms with E-state index in [9.17, 15) is 0 Å². The van der Waals surface area contributed by atoms with Gasteiger partial charge in [-0.3, -0.25) is 4.99 Å². The average Bonchev–Trinajstić information content (AvgIpc) is 2.26. The molecule has 0 aliphatic heterocycles. The maximum Gasteiger partial charge on any atom is 0.103 e. The molecule has 2 nitrogen and oxygen atoms in total. The van der Waals surface area contributed by atoms with Crippen LogP contribution in [-0.4, -0.2) is 18.1 Å². The molecule has 0 heterocycles. The van der Waals surface area contributed by atoms with E-state index in [1.807, 2.05) is 0 Å². The lowest BCUT2D eigenvalue weighted by molar-refractivity contribution is -0.0319. The monoisotopic (exact) mass is 238 g/mol. The van der Waals surface area contributed by atoms with E-state index >= 15 is 0 Å². The maximum atomic E-state index is 5.75. The number of amidine groups is 1. The first-order chi connectivity index (χ1) is 7.76. The zero-order valence-electron chi connectivity index (χ0n) is 9.81. The third-order valence-electron chi connectivity index (χ3n) is 5.09. The highest BCUT2D eigenvalue weighted by atomic mass is 32.1. The van der Waals surface area contributed by atoms with E-state index in [4.69, 9.17) is 5.73 Å². The number of aliphatic imine (C=N–C) groups is 1. The van der Waals surface area contributed by atoms with Gasteiger partial charge in [-0.2, -0.15) is 12.6 Å². The van der Waals surface area contributed by atoms with Crippen LogP contribution in [0, 0.1) is 29.6 Å². The van der Waals surface area contributed by atoms with Gasteiger partial charge in [0.15, 0.2) is 0 Å². The summed E-state index contributed by atoms with van der Waals surface area (Å²) in [7, 11) is 0. The molecular formula is C13H22N2S. The first-order valence-corrected chi connectivity index (χ1v) is 7.29. The van der Waals surface area contributed by atoms with Crippen LogP contribution in [0.4, 0.5) is 0 Å². The second-order valence-electron chi connectivity index (χ2n) is 6.08. The van der Waals surface area contributed by atoms with E-state index in [-0.39, 0.29) is 0 Å². The van der Waals surface area contributed by atoms with Crippen LogP contribution >= 0.6 is 12.6 Å². The Kier molecular flexibility index (Phi) is 2.90. The van der Waals surface area contributed by atoms with Crippen molar-refractivity contribution in [2.24, 2.45) is 40.3 Å². The Morgan fingerprint density at radius 2 is 1.62 bits per heavy atom. The van der Waals surface area contributed by atoms with Gasteiger partial charge < -0.3 is 5.73 Å². The van der Waals surface area contributed by atoms with Crippen molar-refractivity contribution in [2.75, 3.05) is 12.3 Å². The summed E-state index contributed by atoms with van der Waals surface area (Å²) in [4.78, 5) is 4.51. The van der Waals surface area contributed by atoms with Crippen LogP contribution in [0.3, 0.4) is 0 Å². The fraction of sp³-hybridized carbons (Fsp3) is 0.923. The fourth-order valence-electron chi connectivity index (χ4n) is 4.61. The smallest absolute Gasteiger partial charge is 0.103 e. The topological polar surface area (TPSA) is 38.4 Å². The van der Waals surface area contributed by atoms with Gasteiger partial charge in [0.05, 0.1) is 0 Å². The zero-order chi connectivity index (χ0) is 11.1. The van der Waals surface area contributed by atoms with Gasteiger partial charge in [0, 0.05) is 12.3 Å². The molecule has 4 aliphatic rings. The Morgan fingerprint density at radius 1 is 1.06 bits per heavy atom. The first kappa shape index (κ1) is 10.9. The van der Waals surface area contributed by atoms with E-state index in [2.05, 4.69) is 17.6 Å². The van der Waals surface area contributed by atoms with Crippen LogP contribution in [0.15, 0.2) is 4.99 Å². The number of nitrogens with two attached hydrogens (primary N) is 1. The zero-order valence-corrected chi connectivity index (χ0v) is 10.7. The minimum Gasteiger partial charge on any atom is -0.387 e. The second kappa shape index (κ2) is 4.25. The number of nitrogens with zero attached hydrogens (tertiary/aromatic N) is 1. The van der Waals surface area contributed by atoms with Gasteiger partial charge in [0.25, 0.3) is 0 Å². The molecule has 4 bridgehead atoms. The van der Waals surface area contributed by atoms with Crippen LogP contribution in [0.1, 0.15) is 32.1 Å². The van der Waals surface area contributed by atoms with Gasteiger partial charge in [0.1, 0.15) is 5.84 Å². The predicted molar refractivity (Wildman–Crippen MR) is 70.9 cm³/mol. The summed E-state index contributed by atoms with van der Waals surface area (Å²) in [5.41, 5.74) is 5.75. The summed E-state index contributed by atoms with van der Waals surface area (Å²) >= 11 is 4.16. The summed E-state index contributed by atoms with van der Waals surface area (Å²) < 4.78 is 0. The third kappa shape index (κ3) is 1.87. The lowest BCUT2D eigenvalue weighted by Crippen LogP contribution is -2.46. The largest absolute Gasteiger partial charge is 0.387 e. The van der Waals surface area contributed by atoms with Crippen molar-refractivity contribution in [3.05, 3.63) is 0 Å². The van der Waals surface area contributed by atoms with Crippen molar-refractivity contribution in [2.45, 2.75) is 32.1 Å². The quantitative estimate of drug-likeness (QED) is 0.442. The Balaban J connectivity index is 1.68. The molecule has 2 N–H and O–H groups in total. The molecule has 0 unspecified atom stereocenters. The molecular weight excluding hydrogens is 216 g/mol. The maximum absolute atomic E-state index is 5.75. The highest BCUT2D eigenvalue weighted by molar-refractivity contribution is 7.81. The molecule has 0 atom stereocenters. The highest BCUT2D eigenvalue weighted by Gasteiger charge is 2.47. The molecule has 0 aromatic heterocycles. The molecule has 0 spiro atoms. The molecule has 4 rings (SSSR count). The van der Waals surface area contributed by atoms with E-state index in [0.717, 1.165) is 42.0 Å². The second-order valence-corrected chi connectivity index (χ2v) is 6.40. The van der Waals surface area contributed by atoms with E-state index in [0.29, 0.717) is 5.75 Å². The number of thiol groups is 1. The van der Waals surface area contributed by atoms with Crippen molar-refractivity contribution in [3.63, 3.8) is 0 Å². The lowest BCUT2D eigenvalue weighted by atomic mass is 9.52. The normalized spacial score (nSPS) is 46.3. The summed E-state index contributed by atoms with van der Waals surface area (Å²) in [6.07, 6.45) is 7.45. The molecule has 0 aromatic carbocycles. The number of hydrogen-bond donors (Lipinski definition) is 2. The molecule has 4 saturated carbocycles. The van der Waals surface area contributed by atoms with Gasteiger partial charge in [-0.1, -0.05) is 0 Å². The van der Waals surface area contributed by atoms with Gasteiger partial charge in [0.2, 0.25) is 0 Å². The third-order valence-corrected chi connectivity index (χ3v) is 5.41. The molecule has 4 aliphatic carbocycles. The van der Waals surface area contributed by atoms with Crippen molar-refractivity contribution in [1.82, 2.24) is 0 Å². The highest BCUT2D eigenvalue weighted by Crippen LogP contribution is 2.56. The van der Waals surface area contributed by atoms with Crippen LogP contribution in [0.5, 0.6) is 0 Å². The van der Waals surface area contributed by atoms with E-state index in [1.165, 1.54) is 32.1 Å². The van der Waals surface area contributed by atoms with Crippen LogP contribution in [0.25, 0.3) is 0 Å². The molecule has 4 fully saturated rings. The van der Waals surface area contributed by atoms with E-state index in [1.54, 1.807) is 0 Å². The molecule has 0 amide bonds. The minimum atomic E-state index is 0.604. The van der Waals surface area contributed by atoms with Crippen molar-refractivity contribution in [3.8, 4) is 0 Å². The van der Waals surface area contributed by atoms with Gasteiger partial charge in [-0.25, -0.2) is 0 Å². The summed E-state index contributed by atoms with van der Waals surface area (Å²) in [5, 5.41) is 0. The SMILES string of the molecule is NC(CS)=NCC1C2CC3CC(C2)CC1C3. The van der Waals surface area contributed by atoms with Gasteiger partial charge in [-0.05, 0) is 61.7 Å². The number of hydrogen-bond acceptors (Lipinski definition) is 2. The van der Waals surface area contributed by atoms with Crippen molar-refractivity contribution >= 4 is 18.5 Å². The van der Waals surface area contributed by atoms with E-state index < -0.39 is 0 Å². The number of rotatable bonds is 3. The van der Waals surface area contributed by atoms with Crippen molar-refractivity contribution < 1.29 is 0 Å². The average molecular weight is 238 g/mol. The van der Waals surface area contributed by atoms with Crippen LogP contribution in [-0.2, 0) is 0 Å². The molecule has 0 aromatic rings. The van der Waals surface area contributed by atoms with Crippen molar-refractivity contribution in [1.29, 1.82) is 0 Å². The standard InChI is InChI=1S/C13H22N2S/c14-13(7-16)15-6-12-10-2-8-1-9(4-10)5-11(12)3-8/h8-12,16H,1-7H2,(H2,14,15). The lowest BCUT2D eigenvalue weighted by Gasteiger charge is -2.54. The summed E-state index contributed by atoms with van der Waals surface area (Å²) in [5.74, 6) is 6.21. The minimum absolute atomic E-state index is 0.604. The molecule has 0 radical (unpaired) electrons. The van der Waals surface area contributed by atoms with Crippen LogP contribution in [0.2, 0.25) is 0 Å². The first-order valence-electron chi connectivity index (χ1n) is 6.66. The molecule has 3 heteroatoms. The van der Waals surface area contributed by atoms with Gasteiger partial charge >= 0.3 is 0 Å². The Labute approximate surface area is 103 Å². The Morgan fingerprint density at radius 3 is 2.12 bits per heavy atom. The van der Waals surface area contributed by atoms with Gasteiger partial charge in [-0.15, -0.1) is 0 Å². The predicted octanol–water partition coefficient (Wildman–Crippen LogP) is 2.35. The molecule has 16 heavy (non-hydrogen) atoms. The Bertz CT molecular complexity index is 272. The fourth-order valence-corrected chi connectivity index (χ4v) is 4.71. The molecule has 90 valence electrons.